The summed E-state index contributed by atoms with van der Waals surface area (Å²) in [6, 6.07) is 10.3. The Kier molecular flexibility index (Phi) is 3.78. The molecule has 0 N–H and O–H groups in total. The third-order valence-electron chi connectivity index (χ3n) is 4.18. The van der Waals surface area contributed by atoms with Gasteiger partial charge >= 0.3 is 0 Å². The van der Waals surface area contributed by atoms with Crippen molar-refractivity contribution in [2.24, 2.45) is 7.05 Å². The molecule has 110 valence electrons. The molecule has 0 spiro atoms. The first kappa shape index (κ1) is 13.9. The SMILES string of the molecule is Cn1cccc1C(=O)N1CCCC[C@@H]1c1ccc(F)cc1. The predicted molar refractivity (Wildman–Crippen MR) is 79.4 cm³/mol. The van der Waals surface area contributed by atoms with Gasteiger partial charge in [0.05, 0.1) is 6.04 Å². The van der Waals surface area contributed by atoms with Gasteiger partial charge in [0.15, 0.2) is 0 Å². The molecule has 1 amide bonds. The zero-order chi connectivity index (χ0) is 14.8. The van der Waals surface area contributed by atoms with Gasteiger partial charge in [0.25, 0.3) is 5.91 Å². The zero-order valence-electron chi connectivity index (χ0n) is 12.1. The van der Waals surface area contributed by atoms with Gasteiger partial charge < -0.3 is 9.47 Å². The van der Waals surface area contributed by atoms with Crippen LogP contribution in [0.4, 0.5) is 4.39 Å². The highest BCUT2D eigenvalue weighted by molar-refractivity contribution is 5.93. The van der Waals surface area contributed by atoms with E-state index in [4.69, 9.17) is 0 Å². The monoisotopic (exact) mass is 286 g/mol. The number of hydrogen-bond donors (Lipinski definition) is 0. The Morgan fingerprint density at radius 1 is 1.19 bits per heavy atom. The number of nitrogens with zero attached hydrogens (tertiary/aromatic N) is 2. The van der Waals surface area contributed by atoms with E-state index in [1.165, 1.54) is 12.1 Å². The van der Waals surface area contributed by atoms with Crippen LogP contribution in [0.15, 0.2) is 42.6 Å². The summed E-state index contributed by atoms with van der Waals surface area (Å²) in [5, 5.41) is 0. The van der Waals surface area contributed by atoms with E-state index in [0.29, 0.717) is 5.69 Å². The number of likely N-dealkylation sites (tertiary alicyclic amines) is 1. The summed E-state index contributed by atoms with van der Waals surface area (Å²) in [6.07, 6.45) is 4.93. The van der Waals surface area contributed by atoms with Crippen molar-refractivity contribution in [3.8, 4) is 0 Å². The minimum atomic E-state index is -0.241. The Morgan fingerprint density at radius 3 is 2.62 bits per heavy atom. The normalized spacial score (nSPS) is 18.8. The van der Waals surface area contributed by atoms with E-state index in [2.05, 4.69) is 0 Å². The van der Waals surface area contributed by atoms with Crippen LogP contribution in [0, 0.1) is 5.82 Å². The average molecular weight is 286 g/mol. The first-order valence-corrected chi connectivity index (χ1v) is 7.34. The van der Waals surface area contributed by atoms with Crippen molar-refractivity contribution in [1.82, 2.24) is 9.47 Å². The van der Waals surface area contributed by atoms with Gasteiger partial charge in [0.1, 0.15) is 11.5 Å². The number of piperidine rings is 1. The van der Waals surface area contributed by atoms with Crippen LogP contribution in [-0.4, -0.2) is 21.9 Å². The first-order chi connectivity index (χ1) is 10.2. The van der Waals surface area contributed by atoms with E-state index in [1.807, 2.05) is 34.8 Å². The second-order valence-electron chi connectivity index (χ2n) is 5.57. The van der Waals surface area contributed by atoms with E-state index >= 15 is 0 Å². The van der Waals surface area contributed by atoms with E-state index in [-0.39, 0.29) is 17.8 Å². The van der Waals surface area contributed by atoms with Crippen LogP contribution in [0.3, 0.4) is 0 Å². The smallest absolute Gasteiger partial charge is 0.270 e. The molecule has 1 aliphatic heterocycles. The van der Waals surface area contributed by atoms with Gasteiger partial charge in [-0.25, -0.2) is 4.39 Å². The number of amides is 1. The maximum atomic E-state index is 13.1. The van der Waals surface area contributed by atoms with E-state index in [0.717, 1.165) is 31.4 Å². The molecule has 0 bridgehead atoms. The fourth-order valence-electron chi connectivity index (χ4n) is 3.04. The Labute approximate surface area is 124 Å². The molecule has 1 fully saturated rings. The number of halogens is 1. The number of carbonyl (C=O) groups excluding carboxylic acids is 1. The van der Waals surface area contributed by atoms with Crippen LogP contribution >= 0.6 is 0 Å². The minimum Gasteiger partial charge on any atom is -0.347 e. The molecule has 0 aliphatic carbocycles. The van der Waals surface area contributed by atoms with Gasteiger partial charge in [-0.1, -0.05) is 12.1 Å². The molecule has 3 nitrogen and oxygen atoms in total. The molecule has 21 heavy (non-hydrogen) atoms. The lowest BCUT2D eigenvalue weighted by molar-refractivity contribution is 0.0601. The number of carbonyl (C=O) groups is 1. The third-order valence-corrected chi connectivity index (χ3v) is 4.18. The molecular weight excluding hydrogens is 267 g/mol. The van der Waals surface area contributed by atoms with E-state index < -0.39 is 0 Å². The topological polar surface area (TPSA) is 25.2 Å². The highest BCUT2D eigenvalue weighted by Gasteiger charge is 2.29. The Morgan fingerprint density at radius 2 is 1.95 bits per heavy atom. The molecule has 4 heteroatoms. The van der Waals surface area contributed by atoms with Gasteiger partial charge in [0, 0.05) is 19.8 Å². The first-order valence-electron chi connectivity index (χ1n) is 7.34. The standard InChI is InChI=1S/C17H19FN2O/c1-19-11-4-6-16(19)17(21)20-12-3-2-5-15(20)13-7-9-14(18)10-8-13/h4,6-11,15H,2-3,5,12H2,1H3/t15-/m1/s1. The summed E-state index contributed by atoms with van der Waals surface area (Å²) in [6.45, 7) is 0.756. The molecule has 1 saturated heterocycles. The van der Waals surface area contributed by atoms with Gasteiger partial charge in [-0.3, -0.25) is 4.79 Å². The second kappa shape index (κ2) is 5.72. The number of aromatic nitrogens is 1. The summed E-state index contributed by atoms with van der Waals surface area (Å²) in [5.41, 5.74) is 1.71. The van der Waals surface area contributed by atoms with Crippen LogP contribution in [0.5, 0.6) is 0 Å². The lowest BCUT2D eigenvalue weighted by Gasteiger charge is -2.36. The maximum absolute atomic E-state index is 13.1. The third kappa shape index (κ3) is 2.71. The van der Waals surface area contributed by atoms with E-state index in [9.17, 15) is 9.18 Å². The molecule has 2 aromatic rings. The van der Waals surface area contributed by atoms with Crippen LogP contribution < -0.4 is 0 Å². The van der Waals surface area contributed by atoms with Gasteiger partial charge in [0.2, 0.25) is 0 Å². The van der Waals surface area contributed by atoms with Crippen molar-refractivity contribution in [2.75, 3.05) is 6.54 Å². The molecule has 1 aromatic heterocycles. The summed E-state index contributed by atoms with van der Waals surface area (Å²) in [7, 11) is 1.88. The predicted octanol–water partition coefficient (Wildman–Crippen LogP) is 3.53. The minimum absolute atomic E-state index is 0.0433. The lowest BCUT2D eigenvalue weighted by atomic mass is 9.95. The number of aryl methyl sites for hydroxylation is 1. The number of hydrogen-bond acceptors (Lipinski definition) is 1. The molecule has 3 rings (SSSR count). The number of rotatable bonds is 2. The van der Waals surface area contributed by atoms with Crippen molar-refractivity contribution in [3.05, 3.63) is 59.7 Å². The average Bonchev–Trinajstić information content (AvgIpc) is 2.93. The van der Waals surface area contributed by atoms with Crippen molar-refractivity contribution in [1.29, 1.82) is 0 Å². The summed E-state index contributed by atoms with van der Waals surface area (Å²) in [4.78, 5) is 14.7. The van der Waals surface area contributed by atoms with Gasteiger partial charge in [-0.2, -0.15) is 0 Å². The molecule has 1 atom stereocenters. The largest absolute Gasteiger partial charge is 0.347 e. The Hall–Kier alpha value is -2.10. The molecular formula is C17H19FN2O. The van der Waals surface area contributed by atoms with Gasteiger partial charge in [-0.05, 0) is 49.1 Å². The molecule has 0 unspecified atom stereocenters. The van der Waals surface area contributed by atoms with Crippen LogP contribution in [0.2, 0.25) is 0 Å². The molecule has 1 aromatic carbocycles. The Bertz CT molecular complexity index is 632. The van der Waals surface area contributed by atoms with Crippen LogP contribution in [0.25, 0.3) is 0 Å². The number of benzene rings is 1. The Balaban J connectivity index is 1.89. The van der Waals surface area contributed by atoms with Crippen LogP contribution in [-0.2, 0) is 7.05 Å². The lowest BCUT2D eigenvalue weighted by Crippen LogP contribution is -2.39. The summed E-state index contributed by atoms with van der Waals surface area (Å²) < 4.78 is 14.9. The van der Waals surface area contributed by atoms with Crippen LogP contribution in [0.1, 0.15) is 41.4 Å². The van der Waals surface area contributed by atoms with Crippen molar-refractivity contribution in [3.63, 3.8) is 0 Å². The van der Waals surface area contributed by atoms with Gasteiger partial charge in [-0.15, -0.1) is 0 Å². The summed E-state index contributed by atoms with van der Waals surface area (Å²) in [5.74, 6) is -0.189. The van der Waals surface area contributed by atoms with Crippen molar-refractivity contribution >= 4 is 5.91 Å². The molecule has 0 saturated carbocycles. The highest BCUT2D eigenvalue weighted by Crippen LogP contribution is 2.32. The molecule has 0 radical (unpaired) electrons. The molecule has 1 aliphatic rings. The van der Waals surface area contributed by atoms with E-state index in [1.54, 1.807) is 12.1 Å². The highest BCUT2D eigenvalue weighted by atomic mass is 19.1. The quantitative estimate of drug-likeness (QED) is 0.829. The zero-order valence-corrected chi connectivity index (χ0v) is 12.1. The van der Waals surface area contributed by atoms with Crippen molar-refractivity contribution in [2.45, 2.75) is 25.3 Å². The van der Waals surface area contributed by atoms with Crippen molar-refractivity contribution < 1.29 is 9.18 Å². The fourth-order valence-corrected chi connectivity index (χ4v) is 3.04. The fraction of sp³-hybridized carbons (Fsp3) is 0.353. The summed E-state index contributed by atoms with van der Waals surface area (Å²) >= 11 is 0. The molecule has 2 heterocycles. The maximum Gasteiger partial charge on any atom is 0.270 e. The second-order valence-corrected chi connectivity index (χ2v) is 5.57.